The van der Waals surface area contributed by atoms with E-state index in [-0.39, 0.29) is 30.9 Å². The van der Waals surface area contributed by atoms with Crippen LogP contribution in [0.25, 0.3) is 0 Å². The quantitative estimate of drug-likeness (QED) is 0.698. The molecule has 1 heterocycles. The highest BCUT2D eigenvalue weighted by Gasteiger charge is 2.35. The van der Waals surface area contributed by atoms with Gasteiger partial charge in [0.05, 0.1) is 12.0 Å². The van der Waals surface area contributed by atoms with E-state index in [0.29, 0.717) is 13.1 Å². The predicted octanol–water partition coefficient (Wildman–Crippen LogP) is 2.50. The first-order valence-corrected chi connectivity index (χ1v) is 9.85. The summed E-state index contributed by atoms with van der Waals surface area (Å²) in [5.74, 6) is -1.43. The van der Waals surface area contributed by atoms with E-state index in [1.807, 2.05) is 67.6 Å². The van der Waals surface area contributed by atoms with Crippen LogP contribution in [0.15, 0.2) is 60.7 Å². The summed E-state index contributed by atoms with van der Waals surface area (Å²) in [6, 6.07) is 19.3. The van der Waals surface area contributed by atoms with Crippen LogP contribution < -0.4 is 5.32 Å². The van der Waals surface area contributed by atoms with Gasteiger partial charge in [0, 0.05) is 19.5 Å². The third kappa shape index (κ3) is 5.91. The topological polar surface area (TPSA) is 75.7 Å². The summed E-state index contributed by atoms with van der Waals surface area (Å²) < 4.78 is 5.15. The second-order valence-corrected chi connectivity index (χ2v) is 7.28. The van der Waals surface area contributed by atoms with Crippen LogP contribution in [0.3, 0.4) is 0 Å². The highest BCUT2D eigenvalue weighted by atomic mass is 16.5. The summed E-state index contributed by atoms with van der Waals surface area (Å²) in [6.45, 7) is 2.44. The van der Waals surface area contributed by atoms with Crippen molar-refractivity contribution in [3.05, 3.63) is 71.8 Å². The molecule has 6 heteroatoms. The van der Waals surface area contributed by atoms with Crippen LogP contribution in [0.2, 0.25) is 0 Å². The molecule has 2 amide bonds. The number of benzene rings is 2. The smallest absolute Gasteiger partial charge is 0.311 e. The predicted molar refractivity (Wildman–Crippen MR) is 109 cm³/mol. The molecule has 1 N–H and O–H groups in total. The van der Waals surface area contributed by atoms with Gasteiger partial charge in [-0.2, -0.15) is 0 Å². The number of carbonyl (C=O) groups is 3. The largest absolute Gasteiger partial charge is 0.455 e. The number of esters is 1. The van der Waals surface area contributed by atoms with Gasteiger partial charge in [-0.05, 0) is 24.5 Å². The molecule has 152 valence electrons. The van der Waals surface area contributed by atoms with E-state index >= 15 is 0 Å². The first kappa shape index (κ1) is 20.6. The minimum Gasteiger partial charge on any atom is -0.455 e. The van der Waals surface area contributed by atoms with Crippen LogP contribution in [0.4, 0.5) is 0 Å². The SMILES string of the molecule is C[C@H](NC(=O)COC(=O)[C@@H]1CC(=O)N(CCc2ccccc2)C1)c1ccccc1. The fourth-order valence-corrected chi connectivity index (χ4v) is 3.42. The number of likely N-dealkylation sites (tertiary alicyclic amines) is 1. The molecular weight excluding hydrogens is 368 g/mol. The van der Waals surface area contributed by atoms with Gasteiger partial charge < -0.3 is 15.0 Å². The average molecular weight is 394 g/mol. The molecule has 2 aromatic rings. The summed E-state index contributed by atoms with van der Waals surface area (Å²) >= 11 is 0. The summed E-state index contributed by atoms with van der Waals surface area (Å²) in [5, 5.41) is 2.80. The van der Waals surface area contributed by atoms with Crippen molar-refractivity contribution in [2.75, 3.05) is 19.7 Å². The highest BCUT2D eigenvalue weighted by molar-refractivity contribution is 5.88. The van der Waals surface area contributed by atoms with Crippen molar-refractivity contribution in [1.29, 1.82) is 0 Å². The molecule has 1 saturated heterocycles. The molecular formula is C23H26N2O4. The lowest BCUT2D eigenvalue weighted by Gasteiger charge is -2.17. The number of nitrogens with one attached hydrogen (secondary N) is 1. The van der Waals surface area contributed by atoms with Crippen LogP contribution in [0, 0.1) is 5.92 Å². The second-order valence-electron chi connectivity index (χ2n) is 7.28. The van der Waals surface area contributed by atoms with Crippen molar-refractivity contribution in [2.24, 2.45) is 5.92 Å². The maximum Gasteiger partial charge on any atom is 0.311 e. The number of carbonyl (C=O) groups excluding carboxylic acids is 3. The molecule has 3 rings (SSSR count). The molecule has 1 aliphatic rings. The van der Waals surface area contributed by atoms with Gasteiger partial charge in [-0.3, -0.25) is 14.4 Å². The molecule has 1 aliphatic heterocycles. The second kappa shape index (κ2) is 9.87. The number of hydrogen-bond acceptors (Lipinski definition) is 4. The van der Waals surface area contributed by atoms with Crippen molar-refractivity contribution in [1.82, 2.24) is 10.2 Å². The van der Waals surface area contributed by atoms with Gasteiger partial charge in [0.15, 0.2) is 6.61 Å². The Hall–Kier alpha value is -3.15. The molecule has 0 spiro atoms. The summed E-state index contributed by atoms with van der Waals surface area (Å²) in [5.41, 5.74) is 2.12. The lowest BCUT2D eigenvalue weighted by atomic mass is 10.1. The average Bonchev–Trinajstić information content (AvgIpc) is 3.12. The molecule has 2 aromatic carbocycles. The van der Waals surface area contributed by atoms with Gasteiger partial charge in [0.1, 0.15) is 0 Å². The van der Waals surface area contributed by atoms with E-state index in [0.717, 1.165) is 17.5 Å². The van der Waals surface area contributed by atoms with E-state index in [1.165, 1.54) is 0 Å². The Morgan fingerprint density at radius 1 is 1.10 bits per heavy atom. The monoisotopic (exact) mass is 394 g/mol. The molecule has 0 aliphatic carbocycles. The minimum atomic E-state index is -0.516. The lowest BCUT2D eigenvalue weighted by Crippen LogP contribution is -2.33. The maximum atomic E-state index is 12.3. The van der Waals surface area contributed by atoms with Gasteiger partial charge in [0.25, 0.3) is 5.91 Å². The van der Waals surface area contributed by atoms with E-state index in [2.05, 4.69) is 5.32 Å². The van der Waals surface area contributed by atoms with Crippen molar-refractivity contribution < 1.29 is 19.1 Å². The Morgan fingerprint density at radius 2 is 1.76 bits per heavy atom. The van der Waals surface area contributed by atoms with E-state index in [4.69, 9.17) is 4.74 Å². The Labute approximate surface area is 170 Å². The van der Waals surface area contributed by atoms with Crippen LogP contribution in [-0.4, -0.2) is 42.4 Å². The molecule has 1 fully saturated rings. The third-order valence-electron chi connectivity index (χ3n) is 5.08. The van der Waals surface area contributed by atoms with E-state index < -0.39 is 11.9 Å². The minimum absolute atomic E-state index is 0.0509. The third-order valence-corrected chi connectivity index (χ3v) is 5.08. The van der Waals surface area contributed by atoms with Crippen LogP contribution >= 0.6 is 0 Å². The molecule has 0 saturated carbocycles. The molecule has 29 heavy (non-hydrogen) atoms. The molecule has 2 atom stereocenters. The number of amides is 2. The van der Waals surface area contributed by atoms with Crippen molar-refractivity contribution in [3.63, 3.8) is 0 Å². The first-order chi connectivity index (χ1) is 14.0. The number of ether oxygens (including phenoxy) is 1. The Balaban J connectivity index is 1.41. The Morgan fingerprint density at radius 3 is 2.45 bits per heavy atom. The van der Waals surface area contributed by atoms with Crippen molar-refractivity contribution in [3.8, 4) is 0 Å². The van der Waals surface area contributed by atoms with Gasteiger partial charge in [0.2, 0.25) is 5.91 Å². The fraction of sp³-hybridized carbons (Fsp3) is 0.348. The van der Waals surface area contributed by atoms with Crippen LogP contribution in [-0.2, 0) is 25.5 Å². The first-order valence-electron chi connectivity index (χ1n) is 9.85. The maximum absolute atomic E-state index is 12.3. The Bertz CT molecular complexity index is 838. The molecule has 0 aromatic heterocycles. The van der Waals surface area contributed by atoms with Crippen LogP contribution in [0.5, 0.6) is 0 Å². The van der Waals surface area contributed by atoms with Gasteiger partial charge >= 0.3 is 5.97 Å². The normalized spacial score (nSPS) is 17.1. The molecule has 6 nitrogen and oxygen atoms in total. The highest BCUT2D eigenvalue weighted by Crippen LogP contribution is 2.20. The number of rotatable bonds is 8. The molecule has 0 bridgehead atoms. The molecule has 0 radical (unpaired) electrons. The summed E-state index contributed by atoms with van der Waals surface area (Å²) in [4.78, 5) is 38.2. The van der Waals surface area contributed by atoms with Crippen LogP contribution in [0.1, 0.15) is 30.5 Å². The van der Waals surface area contributed by atoms with Gasteiger partial charge in [-0.25, -0.2) is 0 Å². The van der Waals surface area contributed by atoms with E-state index in [9.17, 15) is 14.4 Å². The van der Waals surface area contributed by atoms with Crippen molar-refractivity contribution >= 4 is 17.8 Å². The number of hydrogen-bond donors (Lipinski definition) is 1. The van der Waals surface area contributed by atoms with Crippen molar-refractivity contribution in [2.45, 2.75) is 25.8 Å². The molecule has 0 unspecified atom stereocenters. The van der Waals surface area contributed by atoms with E-state index in [1.54, 1.807) is 4.90 Å². The summed E-state index contributed by atoms with van der Waals surface area (Å²) in [7, 11) is 0. The summed E-state index contributed by atoms with van der Waals surface area (Å²) in [6.07, 6.45) is 0.879. The zero-order valence-electron chi connectivity index (χ0n) is 16.5. The zero-order chi connectivity index (χ0) is 20.6. The van der Waals surface area contributed by atoms with Gasteiger partial charge in [-0.15, -0.1) is 0 Å². The lowest BCUT2D eigenvalue weighted by molar-refractivity contribution is -0.152. The standard InChI is InChI=1S/C23H26N2O4/c1-17(19-10-6-3-7-11-19)24-21(26)16-29-23(28)20-14-22(27)25(15-20)13-12-18-8-4-2-5-9-18/h2-11,17,20H,12-16H2,1H3,(H,24,26)/t17-,20+/m0/s1. The number of nitrogens with zero attached hydrogens (tertiary/aromatic N) is 1. The van der Waals surface area contributed by atoms with Gasteiger partial charge in [-0.1, -0.05) is 60.7 Å². The Kier molecular flexibility index (Phi) is 7.00. The fourth-order valence-electron chi connectivity index (χ4n) is 3.42. The zero-order valence-corrected chi connectivity index (χ0v) is 16.5.